The van der Waals surface area contributed by atoms with E-state index in [0.717, 1.165) is 0 Å². The largest absolute Gasteiger partial charge is 0.423 e. The fraction of sp³-hybridized carbons (Fsp3) is 0.125. The summed E-state index contributed by atoms with van der Waals surface area (Å²) in [5.41, 5.74) is 1.92. The molecule has 0 aliphatic rings. The Morgan fingerprint density at radius 2 is 1.63 bits per heavy atom. The highest BCUT2D eigenvalue weighted by molar-refractivity contribution is 6.50. The molecule has 0 saturated carbocycles. The minimum atomic E-state index is -1.50. The van der Waals surface area contributed by atoms with Crippen molar-refractivity contribution in [2.75, 3.05) is 10.6 Å². The van der Waals surface area contributed by atoms with Gasteiger partial charge < -0.3 is 9.73 Å². The molecule has 35 heavy (non-hydrogen) atoms. The van der Waals surface area contributed by atoms with Crippen LogP contribution < -0.4 is 10.6 Å². The van der Waals surface area contributed by atoms with Crippen LogP contribution in [0.4, 0.5) is 11.7 Å². The summed E-state index contributed by atoms with van der Waals surface area (Å²) in [5.74, 6) is -2.14. The molecule has 0 spiro atoms. The van der Waals surface area contributed by atoms with Crippen LogP contribution in [0.25, 0.3) is 11.1 Å². The summed E-state index contributed by atoms with van der Waals surface area (Å²) in [4.78, 5) is 30.3. The van der Waals surface area contributed by atoms with Gasteiger partial charge in [-0.2, -0.15) is 4.98 Å². The van der Waals surface area contributed by atoms with Crippen molar-refractivity contribution < 1.29 is 14.0 Å². The number of halogens is 5. The Labute approximate surface area is 225 Å². The molecule has 4 rings (SSSR count). The molecule has 0 aliphatic carbocycles. The van der Waals surface area contributed by atoms with E-state index in [1.54, 1.807) is 36.4 Å². The number of carbonyl (C=O) groups is 2. The van der Waals surface area contributed by atoms with Crippen LogP contribution in [0, 0.1) is 0 Å². The molecule has 0 radical (unpaired) electrons. The second-order valence-corrected chi connectivity index (χ2v) is 10.8. The van der Waals surface area contributed by atoms with Gasteiger partial charge >= 0.3 is 6.01 Å². The van der Waals surface area contributed by atoms with Gasteiger partial charge in [-0.05, 0) is 61.0 Å². The van der Waals surface area contributed by atoms with Gasteiger partial charge in [0.25, 0.3) is 5.91 Å². The number of nitrogens with zero attached hydrogens (tertiary/aromatic N) is 1. The average molecular weight is 572 g/mol. The average Bonchev–Trinajstić information content (AvgIpc) is 3.15. The van der Waals surface area contributed by atoms with E-state index in [2.05, 4.69) is 15.6 Å². The molecule has 0 saturated heterocycles. The van der Waals surface area contributed by atoms with Gasteiger partial charge in [0.2, 0.25) is 5.91 Å². The lowest BCUT2D eigenvalue weighted by Gasteiger charge is -2.26. The number of hydrogen-bond donors (Lipinski definition) is 2. The Hall–Kier alpha value is -2.48. The quantitative estimate of drug-likeness (QED) is 0.230. The highest BCUT2D eigenvalue weighted by Gasteiger charge is 2.38. The van der Waals surface area contributed by atoms with Crippen molar-refractivity contribution >= 4 is 92.6 Å². The first kappa shape index (κ1) is 25.6. The molecule has 2 amide bonds. The molecule has 3 aromatic carbocycles. The molecule has 1 atom stereocenters. The van der Waals surface area contributed by atoms with Crippen molar-refractivity contribution in [3.05, 3.63) is 86.9 Å². The maximum atomic E-state index is 13.2. The monoisotopic (exact) mass is 569 g/mol. The highest BCUT2D eigenvalue weighted by Crippen LogP contribution is 2.40. The Bertz CT molecular complexity index is 1380. The lowest BCUT2D eigenvalue weighted by Crippen LogP contribution is -2.32. The van der Waals surface area contributed by atoms with Crippen molar-refractivity contribution in [3.63, 3.8) is 0 Å². The third-order valence-electron chi connectivity index (χ3n) is 4.98. The van der Waals surface area contributed by atoms with Crippen LogP contribution in [-0.2, 0) is 4.79 Å². The van der Waals surface area contributed by atoms with Crippen LogP contribution >= 0.6 is 58.0 Å². The normalized spacial score (nSPS) is 12.4. The van der Waals surface area contributed by atoms with Crippen LogP contribution in [0.3, 0.4) is 0 Å². The summed E-state index contributed by atoms with van der Waals surface area (Å²) < 4.78 is 4.02. The lowest BCUT2D eigenvalue weighted by molar-refractivity contribution is -0.117. The SMILES string of the molecule is CC(Cl)(Cl)C(C(=O)Nc1ccc(Cl)c(C(=O)Nc2nc3ccccc3o2)c1)c1cc(Cl)cc(Cl)c1. The number of anilines is 2. The highest BCUT2D eigenvalue weighted by atomic mass is 35.5. The van der Waals surface area contributed by atoms with Crippen molar-refractivity contribution in [2.45, 2.75) is 17.2 Å². The molecule has 11 heteroatoms. The summed E-state index contributed by atoms with van der Waals surface area (Å²) in [7, 11) is 0. The van der Waals surface area contributed by atoms with Gasteiger partial charge in [0.05, 0.1) is 16.5 Å². The number of aromatic nitrogens is 1. The fourth-order valence-electron chi connectivity index (χ4n) is 3.50. The maximum absolute atomic E-state index is 13.2. The smallest absolute Gasteiger partial charge is 0.302 e. The topological polar surface area (TPSA) is 84.2 Å². The molecular formula is C24H16Cl5N3O3. The molecule has 180 valence electrons. The van der Waals surface area contributed by atoms with Crippen molar-refractivity contribution in [1.29, 1.82) is 0 Å². The number of nitrogens with one attached hydrogen (secondary N) is 2. The Balaban J connectivity index is 1.58. The van der Waals surface area contributed by atoms with Crippen molar-refractivity contribution in [1.82, 2.24) is 4.98 Å². The van der Waals surface area contributed by atoms with Gasteiger partial charge in [-0.1, -0.05) is 46.9 Å². The molecule has 4 aromatic rings. The zero-order valence-corrected chi connectivity index (χ0v) is 21.7. The number of amides is 2. The van der Waals surface area contributed by atoms with Crippen LogP contribution in [0.2, 0.25) is 15.1 Å². The molecule has 1 heterocycles. The van der Waals surface area contributed by atoms with Gasteiger partial charge in [-0.3, -0.25) is 14.9 Å². The number of carbonyl (C=O) groups excluding carboxylic acids is 2. The number of rotatable bonds is 6. The van der Waals surface area contributed by atoms with Gasteiger partial charge in [0.15, 0.2) is 5.58 Å². The third kappa shape index (κ3) is 6.02. The molecular weight excluding hydrogens is 556 g/mol. The molecule has 0 bridgehead atoms. The van der Waals surface area contributed by atoms with Crippen LogP contribution in [-0.4, -0.2) is 21.1 Å². The number of hydrogen-bond acceptors (Lipinski definition) is 4. The Morgan fingerprint density at radius 1 is 0.943 bits per heavy atom. The number of benzene rings is 3. The second-order valence-electron chi connectivity index (χ2n) is 7.72. The molecule has 2 N–H and O–H groups in total. The minimum Gasteiger partial charge on any atom is -0.423 e. The van der Waals surface area contributed by atoms with E-state index in [1.165, 1.54) is 31.2 Å². The standard InChI is InChI=1S/C24H16Cl5N3O3/c1-24(28,29)20(12-8-13(25)10-14(26)9-12)22(34)30-15-6-7-17(27)16(11-15)21(33)32-23-31-18-4-2-3-5-19(18)35-23/h2-11,20H,1H3,(H,30,34)(H,31,32,33). The first-order valence-corrected chi connectivity index (χ1v) is 12.0. The summed E-state index contributed by atoms with van der Waals surface area (Å²) >= 11 is 31.1. The van der Waals surface area contributed by atoms with Crippen molar-refractivity contribution in [2.24, 2.45) is 0 Å². The van der Waals surface area contributed by atoms with E-state index in [-0.39, 0.29) is 22.3 Å². The molecule has 0 aliphatic heterocycles. The predicted molar refractivity (Wildman–Crippen MR) is 141 cm³/mol. The Morgan fingerprint density at radius 3 is 2.29 bits per heavy atom. The van der Waals surface area contributed by atoms with E-state index in [9.17, 15) is 9.59 Å². The van der Waals surface area contributed by atoms with E-state index in [0.29, 0.717) is 26.7 Å². The van der Waals surface area contributed by atoms with Crippen molar-refractivity contribution in [3.8, 4) is 0 Å². The third-order valence-corrected chi connectivity index (χ3v) is 6.18. The number of oxazole rings is 1. The summed E-state index contributed by atoms with van der Waals surface area (Å²) in [5, 5.41) is 6.11. The zero-order chi connectivity index (χ0) is 25.3. The molecule has 1 unspecified atom stereocenters. The number of fused-ring (bicyclic) bond motifs is 1. The molecule has 1 aromatic heterocycles. The summed E-state index contributed by atoms with van der Waals surface area (Å²) in [6.07, 6.45) is 0. The number of para-hydroxylation sites is 2. The van der Waals surface area contributed by atoms with Gasteiger partial charge in [-0.15, -0.1) is 23.2 Å². The fourth-order valence-corrected chi connectivity index (χ4v) is 4.69. The first-order chi connectivity index (χ1) is 16.5. The molecule has 6 nitrogen and oxygen atoms in total. The number of alkyl halides is 2. The predicted octanol–water partition coefficient (Wildman–Crippen LogP) is 7.96. The molecule has 0 fully saturated rings. The van der Waals surface area contributed by atoms with E-state index in [1.807, 2.05) is 0 Å². The zero-order valence-electron chi connectivity index (χ0n) is 17.9. The van der Waals surface area contributed by atoms with Crippen LogP contribution in [0.1, 0.15) is 28.8 Å². The summed E-state index contributed by atoms with van der Waals surface area (Å²) in [6, 6.07) is 16.2. The lowest BCUT2D eigenvalue weighted by atomic mass is 9.94. The van der Waals surface area contributed by atoms with Crippen LogP contribution in [0.5, 0.6) is 0 Å². The minimum absolute atomic E-state index is 0.0136. The first-order valence-electron chi connectivity index (χ1n) is 10.1. The summed E-state index contributed by atoms with van der Waals surface area (Å²) in [6.45, 7) is 1.48. The van der Waals surface area contributed by atoms with E-state index in [4.69, 9.17) is 62.4 Å². The Kier molecular flexibility index (Phi) is 7.50. The van der Waals surface area contributed by atoms with Gasteiger partial charge in [-0.25, -0.2) is 0 Å². The van der Waals surface area contributed by atoms with Gasteiger partial charge in [0, 0.05) is 15.7 Å². The van der Waals surface area contributed by atoms with Gasteiger partial charge in [0.1, 0.15) is 9.85 Å². The van der Waals surface area contributed by atoms with E-state index >= 15 is 0 Å². The maximum Gasteiger partial charge on any atom is 0.302 e. The van der Waals surface area contributed by atoms with Crippen LogP contribution in [0.15, 0.2) is 65.1 Å². The van der Waals surface area contributed by atoms with E-state index < -0.39 is 22.1 Å². The second kappa shape index (κ2) is 10.2.